The number of piperidine rings is 1. The molecular formula is C22H26ClN3O2. The molecule has 0 unspecified atom stereocenters. The van der Waals surface area contributed by atoms with Gasteiger partial charge in [0.2, 0.25) is 11.8 Å². The smallest absolute Gasteiger partial charge is 0.234 e. The molecule has 1 aliphatic heterocycles. The average Bonchev–Trinajstić information content (AvgIpc) is 2.69. The van der Waals surface area contributed by atoms with Crippen molar-refractivity contribution in [2.45, 2.75) is 25.8 Å². The van der Waals surface area contributed by atoms with Crippen LogP contribution in [0.25, 0.3) is 0 Å². The van der Waals surface area contributed by atoms with Gasteiger partial charge in [0.25, 0.3) is 0 Å². The van der Waals surface area contributed by atoms with Crippen LogP contribution in [0.3, 0.4) is 0 Å². The first kappa shape index (κ1) is 20.4. The van der Waals surface area contributed by atoms with Crippen LogP contribution >= 0.6 is 11.6 Å². The maximum Gasteiger partial charge on any atom is 0.234 e. The number of amides is 2. The molecule has 1 saturated heterocycles. The lowest BCUT2D eigenvalue weighted by molar-refractivity contribution is -0.124. The Bertz CT molecular complexity index is 787. The van der Waals surface area contributed by atoms with E-state index >= 15 is 0 Å². The number of nitrogens with one attached hydrogen (secondary N) is 2. The summed E-state index contributed by atoms with van der Waals surface area (Å²) in [5.41, 5.74) is 1.85. The predicted octanol–water partition coefficient (Wildman–Crippen LogP) is 3.87. The van der Waals surface area contributed by atoms with E-state index in [-0.39, 0.29) is 23.8 Å². The van der Waals surface area contributed by atoms with Crippen LogP contribution in [0, 0.1) is 5.92 Å². The molecule has 148 valence electrons. The summed E-state index contributed by atoms with van der Waals surface area (Å²) in [5.74, 6) is 0.0498. The van der Waals surface area contributed by atoms with Gasteiger partial charge in [-0.2, -0.15) is 0 Å². The summed E-state index contributed by atoms with van der Waals surface area (Å²) in [6.45, 7) is 3.80. The standard InChI is InChI=1S/C22H26ClN3O2/c1-16(17-7-9-19(23)10-8-17)24-21(27)15-26-13-11-18(12-14-26)22(28)25-20-5-3-2-4-6-20/h2-10,16,18H,11-15H2,1H3,(H,24,27)(H,25,28)/t16-/m1/s1. The van der Waals surface area contributed by atoms with Crippen molar-refractivity contribution in [3.63, 3.8) is 0 Å². The van der Waals surface area contributed by atoms with E-state index in [2.05, 4.69) is 15.5 Å². The Morgan fingerprint density at radius 1 is 1.07 bits per heavy atom. The molecule has 2 amide bonds. The van der Waals surface area contributed by atoms with E-state index in [9.17, 15) is 9.59 Å². The molecule has 2 aromatic rings. The number of anilines is 1. The minimum atomic E-state index is -0.0704. The first-order chi connectivity index (χ1) is 13.5. The normalized spacial score (nSPS) is 16.4. The van der Waals surface area contributed by atoms with Crippen LogP contribution in [0.4, 0.5) is 5.69 Å². The molecular weight excluding hydrogens is 374 g/mol. The van der Waals surface area contributed by atoms with Gasteiger partial charge >= 0.3 is 0 Å². The molecule has 1 fully saturated rings. The highest BCUT2D eigenvalue weighted by Gasteiger charge is 2.26. The molecule has 0 spiro atoms. The van der Waals surface area contributed by atoms with Gasteiger partial charge in [0.15, 0.2) is 0 Å². The molecule has 0 aliphatic carbocycles. The van der Waals surface area contributed by atoms with Crippen molar-refractivity contribution in [1.29, 1.82) is 0 Å². The summed E-state index contributed by atoms with van der Waals surface area (Å²) < 4.78 is 0. The summed E-state index contributed by atoms with van der Waals surface area (Å²) in [6.07, 6.45) is 1.53. The number of halogens is 1. The third-order valence-electron chi connectivity index (χ3n) is 5.11. The number of hydrogen-bond acceptors (Lipinski definition) is 3. The van der Waals surface area contributed by atoms with Gasteiger partial charge in [-0.1, -0.05) is 41.9 Å². The lowest BCUT2D eigenvalue weighted by Crippen LogP contribution is -2.43. The molecule has 28 heavy (non-hydrogen) atoms. The maximum absolute atomic E-state index is 12.4. The number of rotatable bonds is 6. The van der Waals surface area contributed by atoms with Crippen LogP contribution < -0.4 is 10.6 Å². The SMILES string of the molecule is C[C@@H](NC(=O)CN1CCC(C(=O)Nc2ccccc2)CC1)c1ccc(Cl)cc1. The van der Waals surface area contributed by atoms with Crippen molar-refractivity contribution < 1.29 is 9.59 Å². The molecule has 0 aromatic heterocycles. The van der Waals surface area contributed by atoms with Gasteiger partial charge in [0.1, 0.15) is 0 Å². The fraction of sp³-hybridized carbons (Fsp3) is 0.364. The molecule has 2 N–H and O–H groups in total. The van der Waals surface area contributed by atoms with Crippen molar-refractivity contribution in [3.8, 4) is 0 Å². The largest absolute Gasteiger partial charge is 0.348 e. The Hall–Kier alpha value is -2.37. The predicted molar refractivity (Wildman–Crippen MR) is 112 cm³/mol. The molecule has 3 rings (SSSR count). The van der Waals surface area contributed by atoms with Gasteiger partial charge < -0.3 is 10.6 Å². The van der Waals surface area contributed by atoms with Crippen molar-refractivity contribution in [2.75, 3.05) is 25.0 Å². The van der Waals surface area contributed by atoms with Gasteiger partial charge in [0.05, 0.1) is 12.6 Å². The highest BCUT2D eigenvalue weighted by atomic mass is 35.5. The molecule has 0 saturated carbocycles. The Morgan fingerprint density at radius 3 is 2.36 bits per heavy atom. The van der Waals surface area contributed by atoms with E-state index in [1.54, 1.807) is 0 Å². The van der Waals surface area contributed by atoms with Crippen LogP contribution in [-0.2, 0) is 9.59 Å². The second-order valence-corrected chi connectivity index (χ2v) is 7.68. The molecule has 6 heteroatoms. The summed E-state index contributed by atoms with van der Waals surface area (Å²) in [7, 11) is 0. The van der Waals surface area contributed by atoms with Crippen LogP contribution in [0.15, 0.2) is 54.6 Å². The highest BCUT2D eigenvalue weighted by Crippen LogP contribution is 2.20. The molecule has 1 heterocycles. The van der Waals surface area contributed by atoms with Crippen molar-refractivity contribution in [2.24, 2.45) is 5.92 Å². The van der Waals surface area contributed by atoms with Crippen LogP contribution in [0.2, 0.25) is 5.02 Å². The fourth-order valence-electron chi connectivity index (χ4n) is 3.44. The second kappa shape index (κ2) is 9.71. The topological polar surface area (TPSA) is 61.4 Å². The number of likely N-dealkylation sites (tertiary alicyclic amines) is 1. The van der Waals surface area contributed by atoms with Crippen molar-refractivity contribution >= 4 is 29.1 Å². The summed E-state index contributed by atoms with van der Waals surface area (Å²) in [5, 5.41) is 6.68. The fourth-order valence-corrected chi connectivity index (χ4v) is 3.57. The average molecular weight is 400 g/mol. The van der Waals surface area contributed by atoms with Gasteiger partial charge in [-0.05, 0) is 62.7 Å². The van der Waals surface area contributed by atoms with Crippen molar-refractivity contribution in [1.82, 2.24) is 10.2 Å². The monoisotopic (exact) mass is 399 g/mol. The third kappa shape index (κ3) is 5.81. The molecule has 1 atom stereocenters. The number of hydrogen-bond donors (Lipinski definition) is 2. The van der Waals surface area contributed by atoms with Gasteiger partial charge in [-0.3, -0.25) is 14.5 Å². The molecule has 2 aromatic carbocycles. The van der Waals surface area contributed by atoms with Gasteiger partial charge in [0, 0.05) is 16.6 Å². The Balaban J connectivity index is 1.41. The zero-order valence-corrected chi connectivity index (χ0v) is 16.8. The third-order valence-corrected chi connectivity index (χ3v) is 5.37. The Labute approximate surface area is 171 Å². The first-order valence-electron chi connectivity index (χ1n) is 9.64. The van der Waals surface area contributed by atoms with Crippen LogP contribution in [0.1, 0.15) is 31.4 Å². The summed E-state index contributed by atoms with van der Waals surface area (Å²) >= 11 is 5.91. The van der Waals surface area contributed by atoms with E-state index in [4.69, 9.17) is 11.6 Å². The van der Waals surface area contributed by atoms with E-state index < -0.39 is 0 Å². The zero-order chi connectivity index (χ0) is 19.9. The number of para-hydroxylation sites is 1. The first-order valence-corrected chi connectivity index (χ1v) is 10.0. The minimum absolute atomic E-state index is 0.00497. The van der Waals surface area contributed by atoms with Crippen molar-refractivity contribution in [3.05, 3.63) is 65.2 Å². The second-order valence-electron chi connectivity index (χ2n) is 7.25. The Kier molecular flexibility index (Phi) is 7.06. The van der Waals surface area contributed by atoms with Gasteiger partial charge in [-0.15, -0.1) is 0 Å². The highest BCUT2D eigenvalue weighted by molar-refractivity contribution is 6.30. The van der Waals surface area contributed by atoms with Crippen LogP contribution in [-0.4, -0.2) is 36.3 Å². The zero-order valence-electron chi connectivity index (χ0n) is 16.0. The molecule has 1 aliphatic rings. The molecule has 5 nitrogen and oxygen atoms in total. The van der Waals surface area contributed by atoms with Gasteiger partial charge in [-0.25, -0.2) is 0 Å². The summed E-state index contributed by atoms with van der Waals surface area (Å²) in [6, 6.07) is 16.9. The summed E-state index contributed by atoms with van der Waals surface area (Å²) in [4.78, 5) is 26.9. The van der Waals surface area contributed by atoms with E-state index in [0.717, 1.165) is 37.2 Å². The molecule has 0 bridgehead atoms. The minimum Gasteiger partial charge on any atom is -0.348 e. The quantitative estimate of drug-likeness (QED) is 0.775. The number of carbonyl (C=O) groups excluding carboxylic acids is 2. The molecule has 0 radical (unpaired) electrons. The number of nitrogens with zero attached hydrogens (tertiary/aromatic N) is 1. The van der Waals surface area contributed by atoms with Crippen LogP contribution in [0.5, 0.6) is 0 Å². The van der Waals surface area contributed by atoms with E-state index in [1.165, 1.54) is 0 Å². The lowest BCUT2D eigenvalue weighted by Gasteiger charge is -2.31. The number of benzene rings is 2. The Morgan fingerprint density at radius 2 is 1.71 bits per heavy atom. The van der Waals surface area contributed by atoms with E-state index in [0.29, 0.717) is 11.6 Å². The van der Waals surface area contributed by atoms with E-state index in [1.807, 2.05) is 61.5 Å². The maximum atomic E-state index is 12.4. The lowest BCUT2D eigenvalue weighted by atomic mass is 9.95. The number of carbonyl (C=O) groups is 2.